The van der Waals surface area contributed by atoms with Crippen molar-refractivity contribution >= 4 is 23.7 Å². The molecule has 0 spiro atoms. The van der Waals surface area contributed by atoms with Crippen molar-refractivity contribution in [2.45, 2.75) is 25.3 Å². The third kappa shape index (κ3) is 4.91. The van der Waals surface area contributed by atoms with Gasteiger partial charge in [0.05, 0.1) is 12.1 Å². The zero-order valence-electron chi connectivity index (χ0n) is 18.4. The first kappa shape index (κ1) is 23.0. The van der Waals surface area contributed by atoms with E-state index in [2.05, 4.69) is 10.6 Å². The smallest absolute Gasteiger partial charge is 0.411 e. The van der Waals surface area contributed by atoms with Crippen LogP contribution in [-0.2, 0) is 9.53 Å². The van der Waals surface area contributed by atoms with Crippen LogP contribution in [0.15, 0.2) is 66.7 Å². The van der Waals surface area contributed by atoms with Gasteiger partial charge < -0.3 is 15.2 Å². The highest BCUT2D eigenvalue weighted by atomic mass is 19.1. The Morgan fingerprint density at radius 1 is 1.00 bits per heavy atom. The molecule has 7 nitrogen and oxygen atoms in total. The van der Waals surface area contributed by atoms with Crippen molar-refractivity contribution in [1.29, 1.82) is 0 Å². The van der Waals surface area contributed by atoms with Crippen molar-refractivity contribution in [1.82, 2.24) is 5.32 Å². The molecule has 34 heavy (non-hydrogen) atoms. The number of ether oxygens (including phenoxy) is 1. The van der Waals surface area contributed by atoms with Crippen LogP contribution in [0.5, 0.6) is 0 Å². The predicted octanol–water partition coefficient (Wildman–Crippen LogP) is 4.78. The van der Waals surface area contributed by atoms with E-state index in [0.717, 1.165) is 28.3 Å². The summed E-state index contributed by atoms with van der Waals surface area (Å²) in [5.41, 5.74) is 4.21. The third-order valence-corrected chi connectivity index (χ3v) is 5.67. The molecule has 1 aliphatic rings. The van der Waals surface area contributed by atoms with E-state index >= 15 is 0 Å². The number of rotatable bonds is 7. The molecule has 3 aromatic rings. The molecule has 0 aromatic heterocycles. The number of fused-ring (bicyclic) bond motifs is 3. The lowest BCUT2D eigenvalue weighted by Crippen LogP contribution is -2.34. The quantitative estimate of drug-likeness (QED) is 0.469. The summed E-state index contributed by atoms with van der Waals surface area (Å²) in [7, 11) is 0. The number of anilines is 1. The number of carboxylic acid groups (broad SMARTS) is 1. The number of amides is 2. The Balaban J connectivity index is 1.38. The molecule has 174 valence electrons. The summed E-state index contributed by atoms with van der Waals surface area (Å²) >= 11 is 0. The second-order valence-electron chi connectivity index (χ2n) is 8.12. The normalized spacial score (nSPS) is 12.9. The zero-order valence-corrected chi connectivity index (χ0v) is 18.4. The molecule has 0 saturated carbocycles. The monoisotopic (exact) mass is 462 g/mol. The Bertz CT molecular complexity index is 1210. The number of hydrogen-bond donors (Lipinski definition) is 3. The lowest BCUT2D eigenvalue weighted by Gasteiger charge is -2.15. The van der Waals surface area contributed by atoms with Gasteiger partial charge in [0.1, 0.15) is 12.4 Å². The van der Waals surface area contributed by atoms with E-state index < -0.39 is 29.8 Å². The van der Waals surface area contributed by atoms with Gasteiger partial charge in [-0.25, -0.2) is 9.18 Å². The molecule has 3 N–H and O–H groups in total. The minimum atomic E-state index is -1.05. The lowest BCUT2D eigenvalue weighted by atomic mass is 9.98. The Morgan fingerprint density at radius 3 is 2.21 bits per heavy atom. The van der Waals surface area contributed by atoms with Crippen LogP contribution in [0, 0.1) is 5.82 Å². The molecule has 4 rings (SSSR count). The number of aliphatic carboxylic acids is 1. The van der Waals surface area contributed by atoms with Crippen LogP contribution >= 0.6 is 0 Å². The van der Waals surface area contributed by atoms with Gasteiger partial charge in [0, 0.05) is 17.5 Å². The molecule has 1 aliphatic carbocycles. The van der Waals surface area contributed by atoms with Crippen molar-refractivity contribution in [3.8, 4) is 11.1 Å². The van der Waals surface area contributed by atoms with Gasteiger partial charge in [0.2, 0.25) is 0 Å². The minimum absolute atomic E-state index is 0.00725. The predicted molar refractivity (Wildman–Crippen MR) is 124 cm³/mol. The molecule has 3 aromatic carbocycles. The molecule has 0 fully saturated rings. The number of nitrogens with one attached hydrogen (secondary N) is 2. The fourth-order valence-corrected chi connectivity index (χ4v) is 4.12. The van der Waals surface area contributed by atoms with E-state index in [9.17, 15) is 18.8 Å². The maximum Gasteiger partial charge on any atom is 0.411 e. The van der Waals surface area contributed by atoms with Crippen molar-refractivity contribution < 1.29 is 28.6 Å². The largest absolute Gasteiger partial charge is 0.481 e. The summed E-state index contributed by atoms with van der Waals surface area (Å²) in [4.78, 5) is 35.3. The Morgan fingerprint density at radius 2 is 1.62 bits per heavy atom. The van der Waals surface area contributed by atoms with E-state index in [0.29, 0.717) is 0 Å². The van der Waals surface area contributed by atoms with E-state index in [1.54, 1.807) is 0 Å². The standard InChI is InChI=1S/C26H23FN2O5/c1-15(12-24(30)31)28-25(32)16-10-11-23(22(27)13-16)29-26(33)34-14-21-19-8-4-2-6-17(19)18-7-3-5-9-20(18)21/h2-11,13,15,21H,12,14H2,1H3,(H,28,32)(H,29,33)(H,30,31)/t15-/m1/s1. The highest BCUT2D eigenvalue weighted by molar-refractivity contribution is 5.95. The second-order valence-corrected chi connectivity index (χ2v) is 8.12. The summed E-state index contributed by atoms with van der Waals surface area (Å²) < 4.78 is 19.9. The molecule has 0 heterocycles. The molecular weight excluding hydrogens is 439 g/mol. The molecule has 0 saturated heterocycles. The van der Waals surface area contributed by atoms with Crippen LogP contribution in [0.2, 0.25) is 0 Å². The number of hydrogen-bond acceptors (Lipinski definition) is 4. The van der Waals surface area contributed by atoms with Crippen LogP contribution in [0.1, 0.15) is 40.7 Å². The van der Waals surface area contributed by atoms with E-state index in [1.165, 1.54) is 19.1 Å². The van der Waals surface area contributed by atoms with Crippen molar-refractivity contribution in [3.05, 3.63) is 89.2 Å². The van der Waals surface area contributed by atoms with Crippen LogP contribution < -0.4 is 10.6 Å². The molecule has 0 unspecified atom stereocenters. The third-order valence-electron chi connectivity index (χ3n) is 5.67. The van der Waals surface area contributed by atoms with E-state index in [4.69, 9.17) is 9.84 Å². The topological polar surface area (TPSA) is 105 Å². The molecule has 1 atom stereocenters. The van der Waals surface area contributed by atoms with Crippen molar-refractivity contribution in [2.24, 2.45) is 0 Å². The molecular formula is C26H23FN2O5. The van der Waals surface area contributed by atoms with Crippen molar-refractivity contribution in [2.75, 3.05) is 11.9 Å². The van der Waals surface area contributed by atoms with Crippen LogP contribution in [-0.4, -0.2) is 35.7 Å². The number of carbonyl (C=O) groups is 3. The van der Waals surface area contributed by atoms with Gasteiger partial charge in [-0.05, 0) is 47.4 Å². The molecule has 0 radical (unpaired) electrons. The van der Waals surface area contributed by atoms with Crippen LogP contribution in [0.3, 0.4) is 0 Å². The Hall–Kier alpha value is -4.20. The van der Waals surface area contributed by atoms with Crippen LogP contribution in [0.25, 0.3) is 11.1 Å². The number of halogens is 1. The van der Waals surface area contributed by atoms with Gasteiger partial charge in [-0.3, -0.25) is 14.9 Å². The SMILES string of the molecule is C[C@H](CC(=O)O)NC(=O)c1ccc(NC(=O)OCC2c3ccccc3-c3ccccc32)c(F)c1. The first-order valence-corrected chi connectivity index (χ1v) is 10.8. The Labute approximate surface area is 195 Å². The van der Waals surface area contributed by atoms with Crippen molar-refractivity contribution in [3.63, 3.8) is 0 Å². The van der Waals surface area contributed by atoms with Gasteiger partial charge in [-0.1, -0.05) is 48.5 Å². The Kier molecular flexibility index (Phi) is 6.58. The highest BCUT2D eigenvalue weighted by Crippen LogP contribution is 2.44. The summed E-state index contributed by atoms with van der Waals surface area (Å²) in [5, 5.41) is 13.6. The summed E-state index contributed by atoms with van der Waals surface area (Å²) in [6, 6.07) is 18.8. The van der Waals surface area contributed by atoms with Gasteiger partial charge >= 0.3 is 12.1 Å². The van der Waals surface area contributed by atoms with Gasteiger partial charge in [0.25, 0.3) is 5.91 Å². The average molecular weight is 462 g/mol. The molecule has 2 amide bonds. The summed E-state index contributed by atoms with van der Waals surface area (Å²) in [5.74, 6) is -2.60. The first-order chi connectivity index (χ1) is 16.3. The molecule has 0 bridgehead atoms. The average Bonchev–Trinajstić information content (AvgIpc) is 3.12. The number of carbonyl (C=O) groups excluding carboxylic acids is 2. The lowest BCUT2D eigenvalue weighted by molar-refractivity contribution is -0.137. The van der Waals surface area contributed by atoms with E-state index in [1.807, 2.05) is 48.5 Å². The van der Waals surface area contributed by atoms with Gasteiger partial charge in [-0.2, -0.15) is 0 Å². The second kappa shape index (κ2) is 9.74. The maximum atomic E-state index is 14.5. The zero-order chi connectivity index (χ0) is 24.2. The first-order valence-electron chi connectivity index (χ1n) is 10.8. The fraction of sp³-hybridized carbons (Fsp3) is 0.192. The van der Waals surface area contributed by atoms with Gasteiger partial charge in [-0.15, -0.1) is 0 Å². The minimum Gasteiger partial charge on any atom is -0.481 e. The number of benzene rings is 3. The maximum absolute atomic E-state index is 14.5. The summed E-state index contributed by atoms with van der Waals surface area (Å²) in [6.07, 6.45) is -1.07. The molecule has 0 aliphatic heterocycles. The van der Waals surface area contributed by atoms with E-state index in [-0.39, 0.29) is 30.2 Å². The fourth-order valence-electron chi connectivity index (χ4n) is 4.12. The van der Waals surface area contributed by atoms with Crippen LogP contribution in [0.4, 0.5) is 14.9 Å². The van der Waals surface area contributed by atoms with Gasteiger partial charge in [0.15, 0.2) is 0 Å². The number of carboxylic acids is 1. The highest BCUT2D eigenvalue weighted by Gasteiger charge is 2.29. The molecule has 8 heteroatoms. The summed E-state index contributed by atoms with van der Waals surface area (Å²) in [6.45, 7) is 1.62.